The molecule has 3 aromatic rings. The standard InChI is InChI=1S/C31H34F2N4O4/c1-19(2)15-35-12-11-20(3)37-26(35)17-36-16-24(30(39)34-14-22-9-10-23(32)13-25(22)33)28(38)29(27(36)31(37)40)41-18-21-7-5-4-6-8-21/h4-10,13,16,19-20,26H,11-12,14-15,17-18H2,1-3H3,(H,34,39)/t20-,26-/m0/s1. The van der Waals surface area contributed by atoms with Crippen molar-refractivity contribution >= 4 is 11.8 Å². The van der Waals surface area contributed by atoms with Crippen molar-refractivity contribution in [1.82, 2.24) is 19.7 Å². The fourth-order valence-electron chi connectivity index (χ4n) is 5.59. The third-order valence-corrected chi connectivity index (χ3v) is 7.61. The molecule has 5 rings (SSSR count). The van der Waals surface area contributed by atoms with Gasteiger partial charge in [0.2, 0.25) is 5.43 Å². The average molecular weight is 565 g/mol. The lowest BCUT2D eigenvalue weighted by Crippen LogP contribution is -2.64. The number of carbonyl (C=O) groups excluding carboxylic acids is 2. The van der Waals surface area contributed by atoms with Gasteiger partial charge in [-0.2, -0.15) is 0 Å². The van der Waals surface area contributed by atoms with Crippen LogP contribution in [0, 0.1) is 17.6 Å². The largest absolute Gasteiger partial charge is 0.483 e. The zero-order valence-electron chi connectivity index (χ0n) is 23.4. The highest BCUT2D eigenvalue weighted by atomic mass is 19.1. The highest BCUT2D eigenvalue weighted by Gasteiger charge is 2.44. The van der Waals surface area contributed by atoms with Crippen LogP contribution in [-0.2, 0) is 19.7 Å². The van der Waals surface area contributed by atoms with E-state index < -0.39 is 23.0 Å². The fraction of sp³-hybridized carbons (Fsp3) is 0.387. The number of fused-ring (bicyclic) bond motifs is 2. The fourth-order valence-corrected chi connectivity index (χ4v) is 5.59. The van der Waals surface area contributed by atoms with Crippen LogP contribution in [0.1, 0.15) is 59.2 Å². The van der Waals surface area contributed by atoms with Crippen LogP contribution < -0.4 is 15.5 Å². The maximum absolute atomic E-state index is 14.2. The number of hydrogen-bond acceptors (Lipinski definition) is 5. The number of ether oxygens (including phenoxy) is 1. The number of halogens is 2. The van der Waals surface area contributed by atoms with Crippen molar-refractivity contribution in [2.45, 2.75) is 59.1 Å². The third-order valence-electron chi connectivity index (χ3n) is 7.61. The Morgan fingerprint density at radius 3 is 2.59 bits per heavy atom. The van der Waals surface area contributed by atoms with E-state index in [2.05, 4.69) is 24.1 Å². The summed E-state index contributed by atoms with van der Waals surface area (Å²) in [6.07, 6.45) is 1.96. The molecule has 2 aliphatic rings. The topological polar surface area (TPSA) is 83.9 Å². The van der Waals surface area contributed by atoms with Crippen LogP contribution in [0.25, 0.3) is 0 Å². The number of pyridine rings is 1. The van der Waals surface area contributed by atoms with Gasteiger partial charge in [-0.15, -0.1) is 0 Å². The lowest BCUT2D eigenvalue weighted by molar-refractivity contribution is -0.0367. The van der Waals surface area contributed by atoms with Crippen molar-refractivity contribution < 1.29 is 23.1 Å². The Labute approximate surface area is 237 Å². The molecule has 0 radical (unpaired) electrons. The van der Waals surface area contributed by atoms with Crippen molar-refractivity contribution in [3.05, 3.63) is 99.0 Å². The maximum Gasteiger partial charge on any atom is 0.276 e. The van der Waals surface area contributed by atoms with Gasteiger partial charge in [-0.1, -0.05) is 50.2 Å². The summed E-state index contributed by atoms with van der Waals surface area (Å²) in [5, 5.41) is 2.56. The van der Waals surface area contributed by atoms with E-state index in [1.54, 1.807) is 4.57 Å². The maximum atomic E-state index is 14.2. The first-order valence-electron chi connectivity index (χ1n) is 13.9. The summed E-state index contributed by atoms with van der Waals surface area (Å²) < 4.78 is 35.1. The zero-order valence-corrected chi connectivity index (χ0v) is 23.4. The molecule has 1 saturated heterocycles. The van der Waals surface area contributed by atoms with Gasteiger partial charge in [0.15, 0.2) is 11.4 Å². The molecule has 1 fully saturated rings. The van der Waals surface area contributed by atoms with Crippen molar-refractivity contribution in [2.75, 3.05) is 13.1 Å². The Bertz CT molecular complexity index is 1510. The predicted molar refractivity (Wildman–Crippen MR) is 149 cm³/mol. The minimum Gasteiger partial charge on any atom is -0.483 e. The van der Waals surface area contributed by atoms with Crippen molar-refractivity contribution in [3.8, 4) is 5.75 Å². The molecular formula is C31H34F2N4O4. The van der Waals surface area contributed by atoms with Crippen LogP contribution in [0.5, 0.6) is 5.75 Å². The number of rotatable bonds is 8. The summed E-state index contributed by atoms with van der Waals surface area (Å²) in [5.74, 6) is -2.40. The molecule has 0 spiro atoms. The lowest BCUT2D eigenvalue weighted by atomic mass is 10.0. The number of carbonyl (C=O) groups is 2. The van der Waals surface area contributed by atoms with E-state index in [1.807, 2.05) is 42.2 Å². The minimum absolute atomic E-state index is 0.0285. The van der Waals surface area contributed by atoms with E-state index in [1.165, 1.54) is 12.3 Å². The third kappa shape index (κ3) is 5.88. The lowest BCUT2D eigenvalue weighted by Gasteiger charge is -2.50. The van der Waals surface area contributed by atoms with Gasteiger partial charge in [0.05, 0.1) is 6.54 Å². The Balaban J connectivity index is 1.53. The monoisotopic (exact) mass is 564 g/mol. The molecule has 0 bridgehead atoms. The van der Waals surface area contributed by atoms with Gasteiger partial charge in [0.1, 0.15) is 30.0 Å². The van der Waals surface area contributed by atoms with E-state index in [0.717, 1.165) is 37.2 Å². The molecule has 41 heavy (non-hydrogen) atoms. The van der Waals surface area contributed by atoms with E-state index in [4.69, 9.17) is 4.74 Å². The second-order valence-electron chi connectivity index (χ2n) is 11.1. The van der Waals surface area contributed by atoms with Crippen LogP contribution in [0.4, 0.5) is 8.78 Å². The molecule has 10 heteroatoms. The van der Waals surface area contributed by atoms with Gasteiger partial charge in [-0.3, -0.25) is 19.3 Å². The highest BCUT2D eigenvalue weighted by Crippen LogP contribution is 2.32. The first-order chi connectivity index (χ1) is 19.6. The molecule has 1 aromatic heterocycles. The summed E-state index contributed by atoms with van der Waals surface area (Å²) in [4.78, 5) is 45.1. The van der Waals surface area contributed by atoms with Gasteiger partial charge in [-0.25, -0.2) is 8.78 Å². The smallest absolute Gasteiger partial charge is 0.276 e. The number of benzene rings is 2. The van der Waals surface area contributed by atoms with Gasteiger partial charge >= 0.3 is 0 Å². The zero-order chi connectivity index (χ0) is 29.3. The number of aromatic nitrogens is 1. The second-order valence-corrected chi connectivity index (χ2v) is 11.1. The Morgan fingerprint density at radius 2 is 1.88 bits per heavy atom. The van der Waals surface area contributed by atoms with Crippen molar-refractivity contribution in [3.63, 3.8) is 0 Å². The number of nitrogens with one attached hydrogen (secondary N) is 1. The molecule has 0 unspecified atom stereocenters. The number of hydrogen-bond donors (Lipinski definition) is 1. The SMILES string of the molecule is CC(C)CN1CC[C@H](C)N2C(=O)c3c(OCc4ccccc4)c(=O)c(C(=O)NCc4ccc(F)cc4F)cn3C[C@@H]12. The van der Waals surface area contributed by atoms with E-state index in [0.29, 0.717) is 12.5 Å². The van der Waals surface area contributed by atoms with Crippen LogP contribution in [0.15, 0.2) is 59.5 Å². The summed E-state index contributed by atoms with van der Waals surface area (Å²) in [6, 6.07) is 12.3. The van der Waals surface area contributed by atoms with E-state index in [9.17, 15) is 23.2 Å². The van der Waals surface area contributed by atoms with E-state index >= 15 is 0 Å². The summed E-state index contributed by atoms with van der Waals surface area (Å²) in [6.45, 7) is 8.02. The van der Waals surface area contributed by atoms with Gasteiger partial charge in [0, 0.05) is 43.5 Å². The normalized spacial score (nSPS) is 18.7. The molecule has 2 aromatic carbocycles. The predicted octanol–water partition coefficient (Wildman–Crippen LogP) is 4.17. The molecule has 2 aliphatic heterocycles. The molecule has 0 saturated carbocycles. The molecular weight excluding hydrogens is 530 g/mol. The van der Waals surface area contributed by atoms with Gasteiger partial charge in [0.25, 0.3) is 11.8 Å². The first kappa shape index (κ1) is 28.5. The first-order valence-corrected chi connectivity index (χ1v) is 13.9. The number of amides is 2. The summed E-state index contributed by atoms with van der Waals surface area (Å²) >= 11 is 0. The Hall–Kier alpha value is -4.05. The quantitative estimate of drug-likeness (QED) is 0.444. The average Bonchev–Trinajstić information content (AvgIpc) is 2.93. The second kappa shape index (κ2) is 11.8. The van der Waals surface area contributed by atoms with Gasteiger partial charge < -0.3 is 19.5 Å². The van der Waals surface area contributed by atoms with E-state index in [-0.39, 0.29) is 53.8 Å². The van der Waals surface area contributed by atoms with Crippen LogP contribution in [-0.4, -0.2) is 51.5 Å². The Kier molecular flexibility index (Phi) is 8.21. The Morgan fingerprint density at radius 1 is 1.12 bits per heavy atom. The molecule has 3 heterocycles. The van der Waals surface area contributed by atoms with Crippen molar-refractivity contribution in [1.29, 1.82) is 0 Å². The summed E-state index contributed by atoms with van der Waals surface area (Å²) in [7, 11) is 0. The minimum atomic E-state index is -0.804. The molecule has 2 amide bonds. The van der Waals surface area contributed by atoms with Crippen LogP contribution in [0.2, 0.25) is 0 Å². The van der Waals surface area contributed by atoms with Crippen molar-refractivity contribution in [2.24, 2.45) is 5.92 Å². The molecule has 1 N–H and O–H groups in total. The van der Waals surface area contributed by atoms with Crippen LogP contribution >= 0.6 is 0 Å². The number of nitrogens with zero attached hydrogens (tertiary/aromatic N) is 3. The van der Waals surface area contributed by atoms with Gasteiger partial charge in [-0.05, 0) is 30.9 Å². The summed E-state index contributed by atoms with van der Waals surface area (Å²) in [5.41, 5.74) is 0.0359. The molecule has 216 valence electrons. The molecule has 8 nitrogen and oxygen atoms in total. The highest BCUT2D eigenvalue weighted by molar-refractivity contribution is 5.99. The van der Waals surface area contributed by atoms with Crippen LogP contribution in [0.3, 0.4) is 0 Å². The molecule has 2 atom stereocenters. The molecule has 0 aliphatic carbocycles.